The minimum absolute atomic E-state index is 0.0227. The van der Waals surface area contributed by atoms with Gasteiger partial charge in [-0.3, -0.25) is 25.5 Å². The Bertz CT molecular complexity index is 973. The molecule has 0 radical (unpaired) electrons. The summed E-state index contributed by atoms with van der Waals surface area (Å²) in [7, 11) is 0. The van der Waals surface area contributed by atoms with Crippen LogP contribution in [0.25, 0.3) is 0 Å². The Morgan fingerprint density at radius 3 is 2.44 bits per heavy atom. The SMILES string of the molecule is CC(=N)N1C(=N)[C@H](CC(=O)O)N=C(c2ccc(C)cc2)c2c1sc(C)c2C. The summed E-state index contributed by atoms with van der Waals surface area (Å²) in [5.41, 5.74) is 4.62. The zero-order valence-corrected chi connectivity index (χ0v) is 16.6. The van der Waals surface area contributed by atoms with Crippen molar-refractivity contribution in [3.8, 4) is 0 Å². The van der Waals surface area contributed by atoms with Gasteiger partial charge in [0.05, 0.1) is 12.1 Å². The number of fused-ring (bicyclic) bond motifs is 1. The Labute approximate surface area is 162 Å². The molecule has 0 spiro atoms. The molecule has 1 aromatic heterocycles. The molecule has 1 aliphatic heterocycles. The number of carboxylic acids is 1. The lowest BCUT2D eigenvalue weighted by atomic mass is 9.99. The van der Waals surface area contributed by atoms with Crippen LogP contribution in [0.2, 0.25) is 0 Å². The van der Waals surface area contributed by atoms with E-state index < -0.39 is 12.0 Å². The summed E-state index contributed by atoms with van der Waals surface area (Å²) in [6.07, 6.45) is -0.287. The van der Waals surface area contributed by atoms with Crippen LogP contribution in [0.4, 0.5) is 5.00 Å². The Kier molecular flexibility index (Phi) is 4.97. The highest BCUT2D eigenvalue weighted by molar-refractivity contribution is 7.17. The number of nitrogens with one attached hydrogen (secondary N) is 2. The molecule has 0 bridgehead atoms. The molecule has 6 nitrogen and oxygen atoms in total. The molecular weight excluding hydrogens is 360 g/mol. The third-order valence-corrected chi connectivity index (χ3v) is 5.87. The van der Waals surface area contributed by atoms with Gasteiger partial charge >= 0.3 is 5.97 Å². The number of aliphatic imine (C=N–C) groups is 1. The number of hydrogen-bond acceptors (Lipinski definition) is 5. The molecule has 3 rings (SSSR count). The van der Waals surface area contributed by atoms with Crippen molar-refractivity contribution in [2.45, 2.75) is 40.2 Å². The maximum absolute atomic E-state index is 11.4. The molecule has 0 fully saturated rings. The number of benzene rings is 1. The van der Waals surface area contributed by atoms with Crippen LogP contribution in [0.1, 0.15) is 40.5 Å². The van der Waals surface area contributed by atoms with Crippen LogP contribution >= 0.6 is 11.3 Å². The first-order valence-corrected chi connectivity index (χ1v) is 9.43. The molecule has 3 N–H and O–H groups in total. The fourth-order valence-corrected chi connectivity index (χ4v) is 4.38. The zero-order valence-electron chi connectivity index (χ0n) is 15.8. The smallest absolute Gasteiger partial charge is 0.305 e. The fraction of sp³-hybridized carbons (Fsp3) is 0.300. The number of aliphatic carboxylic acids is 1. The zero-order chi connectivity index (χ0) is 19.9. The second-order valence-corrected chi connectivity index (χ2v) is 7.93. The van der Waals surface area contributed by atoms with Gasteiger partial charge in [0, 0.05) is 16.0 Å². The number of nitrogens with zero attached hydrogens (tertiary/aromatic N) is 2. The lowest BCUT2D eigenvalue weighted by molar-refractivity contribution is -0.137. The second-order valence-electron chi connectivity index (χ2n) is 6.73. The molecular formula is C20H22N4O2S. The molecule has 1 atom stereocenters. The molecule has 140 valence electrons. The number of amidine groups is 2. The number of aryl methyl sites for hydroxylation is 2. The summed E-state index contributed by atoms with van der Waals surface area (Å²) in [4.78, 5) is 18.7. The first kappa shape index (κ1) is 19.0. The second kappa shape index (κ2) is 7.08. The molecule has 27 heavy (non-hydrogen) atoms. The number of anilines is 1. The van der Waals surface area contributed by atoms with Crippen molar-refractivity contribution in [1.82, 2.24) is 0 Å². The van der Waals surface area contributed by atoms with Crippen LogP contribution in [-0.2, 0) is 4.79 Å². The number of carbonyl (C=O) groups is 1. The van der Waals surface area contributed by atoms with Gasteiger partial charge in [-0.05, 0) is 33.3 Å². The normalized spacial score (nSPS) is 16.6. The van der Waals surface area contributed by atoms with Crippen molar-refractivity contribution >= 4 is 39.7 Å². The van der Waals surface area contributed by atoms with Gasteiger partial charge in [0.15, 0.2) is 0 Å². The van der Waals surface area contributed by atoms with Crippen LogP contribution in [0.3, 0.4) is 0 Å². The van der Waals surface area contributed by atoms with Crippen molar-refractivity contribution in [3.05, 3.63) is 51.4 Å². The van der Waals surface area contributed by atoms with E-state index in [2.05, 4.69) is 0 Å². The van der Waals surface area contributed by atoms with Crippen LogP contribution in [0.5, 0.6) is 0 Å². The van der Waals surface area contributed by atoms with Gasteiger partial charge in [-0.1, -0.05) is 29.8 Å². The van der Waals surface area contributed by atoms with E-state index in [1.807, 2.05) is 45.0 Å². The molecule has 0 amide bonds. The Morgan fingerprint density at radius 1 is 1.26 bits per heavy atom. The lowest BCUT2D eigenvalue weighted by Gasteiger charge is -2.24. The Hall–Kier alpha value is -2.80. The number of hydrogen-bond donors (Lipinski definition) is 3. The average Bonchev–Trinajstić information content (AvgIpc) is 2.80. The van der Waals surface area contributed by atoms with E-state index in [1.54, 1.807) is 6.92 Å². The van der Waals surface area contributed by atoms with Gasteiger partial charge in [0.2, 0.25) is 0 Å². The predicted molar refractivity (Wildman–Crippen MR) is 110 cm³/mol. The van der Waals surface area contributed by atoms with Gasteiger partial charge in [-0.2, -0.15) is 0 Å². The van der Waals surface area contributed by atoms with E-state index in [-0.39, 0.29) is 18.1 Å². The number of rotatable bonds is 3. The van der Waals surface area contributed by atoms with E-state index in [4.69, 9.17) is 15.8 Å². The van der Waals surface area contributed by atoms with Gasteiger partial charge in [-0.15, -0.1) is 11.3 Å². The highest BCUT2D eigenvalue weighted by atomic mass is 32.1. The summed E-state index contributed by atoms with van der Waals surface area (Å²) in [6, 6.07) is 7.08. The minimum Gasteiger partial charge on any atom is -0.481 e. The Morgan fingerprint density at radius 2 is 1.89 bits per heavy atom. The fourth-order valence-electron chi connectivity index (χ4n) is 3.16. The highest BCUT2D eigenvalue weighted by Gasteiger charge is 2.34. The van der Waals surface area contributed by atoms with Crippen molar-refractivity contribution in [2.24, 2.45) is 4.99 Å². The van der Waals surface area contributed by atoms with Gasteiger partial charge in [0.25, 0.3) is 0 Å². The maximum atomic E-state index is 11.4. The average molecular weight is 382 g/mol. The van der Waals surface area contributed by atoms with Gasteiger partial charge in [-0.25, -0.2) is 0 Å². The Balaban J connectivity index is 2.31. The van der Waals surface area contributed by atoms with E-state index >= 15 is 0 Å². The molecule has 1 aromatic carbocycles. The lowest BCUT2D eigenvalue weighted by Crippen LogP contribution is -2.40. The summed E-state index contributed by atoms with van der Waals surface area (Å²) in [5.74, 6) is -0.815. The summed E-state index contributed by atoms with van der Waals surface area (Å²) >= 11 is 1.51. The largest absolute Gasteiger partial charge is 0.481 e. The first-order valence-electron chi connectivity index (χ1n) is 8.61. The summed E-state index contributed by atoms with van der Waals surface area (Å²) < 4.78 is 0. The highest BCUT2D eigenvalue weighted by Crippen LogP contribution is 2.40. The molecule has 0 saturated heterocycles. The van der Waals surface area contributed by atoms with Crippen LogP contribution < -0.4 is 4.90 Å². The summed E-state index contributed by atoms with van der Waals surface area (Å²) in [5, 5.41) is 26.9. The van der Waals surface area contributed by atoms with Crippen molar-refractivity contribution in [2.75, 3.05) is 4.90 Å². The first-order chi connectivity index (χ1) is 12.7. The molecule has 0 saturated carbocycles. The molecule has 2 heterocycles. The van der Waals surface area contributed by atoms with Crippen molar-refractivity contribution in [1.29, 1.82) is 10.8 Å². The topological polar surface area (TPSA) is 101 Å². The van der Waals surface area contributed by atoms with Gasteiger partial charge < -0.3 is 5.11 Å². The van der Waals surface area contributed by atoms with Crippen LogP contribution in [0, 0.1) is 31.6 Å². The third kappa shape index (κ3) is 3.42. The minimum atomic E-state index is -1.02. The van der Waals surface area contributed by atoms with E-state index in [0.717, 1.165) is 32.1 Å². The van der Waals surface area contributed by atoms with E-state index in [9.17, 15) is 9.90 Å². The number of thiophene rings is 1. The van der Waals surface area contributed by atoms with Crippen LogP contribution in [-0.4, -0.2) is 34.5 Å². The summed E-state index contributed by atoms with van der Waals surface area (Å²) in [6.45, 7) is 7.63. The van der Waals surface area contributed by atoms with Gasteiger partial charge in [0.1, 0.15) is 22.7 Å². The van der Waals surface area contributed by atoms with Crippen molar-refractivity contribution in [3.63, 3.8) is 0 Å². The molecule has 0 aliphatic carbocycles. The molecule has 2 aromatic rings. The molecule has 0 unspecified atom stereocenters. The quantitative estimate of drug-likeness (QED) is 0.549. The standard InChI is InChI=1S/C20H22N4O2S/c1-10-5-7-14(8-6-10)18-17-11(2)12(3)27-20(17)24(13(4)21)19(22)15(23-18)9-16(25)26/h5-8,15,21-22H,9H2,1-4H3,(H,25,26)/t15-/m0/s1. The van der Waals surface area contributed by atoms with E-state index in [0.29, 0.717) is 5.71 Å². The third-order valence-electron chi connectivity index (χ3n) is 4.68. The molecule has 1 aliphatic rings. The number of carboxylic acid groups (broad SMARTS) is 1. The van der Waals surface area contributed by atoms with Crippen LogP contribution in [0.15, 0.2) is 29.3 Å². The van der Waals surface area contributed by atoms with Crippen molar-refractivity contribution < 1.29 is 9.90 Å². The maximum Gasteiger partial charge on any atom is 0.305 e. The monoisotopic (exact) mass is 382 g/mol. The van der Waals surface area contributed by atoms with E-state index in [1.165, 1.54) is 16.2 Å². The molecule has 7 heteroatoms. The predicted octanol–water partition coefficient (Wildman–Crippen LogP) is 4.15.